The van der Waals surface area contributed by atoms with Gasteiger partial charge < -0.3 is 0 Å². The quantitative estimate of drug-likeness (QED) is 0.173. The number of nitrogens with zero attached hydrogens (tertiary/aromatic N) is 4. The van der Waals surface area contributed by atoms with Crippen molar-refractivity contribution in [2.75, 3.05) is 0 Å². The monoisotopic (exact) mass is 700 g/mol. The first-order valence-electron chi connectivity index (χ1n) is 18.4. The highest BCUT2D eigenvalue weighted by atomic mass is 15.0. The predicted molar refractivity (Wildman–Crippen MR) is 221 cm³/mol. The van der Waals surface area contributed by atoms with E-state index in [-0.39, 0.29) is 0 Å². The van der Waals surface area contributed by atoms with Crippen LogP contribution in [0.25, 0.3) is 67.2 Å². The summed E-state index contributed by atoms with van der Waals surface area (Å²) in [6.07, 6.45) is 0. The minimum Gasteiger partial charge on any atom is -0.208 e. The second-order valence-corrected chi connectivity index (χ2v) is 13.9. The SMILES string of the molecule is N#Cc1ccc2cc(-c3ccc(-c4nc(-c5ccccc5)nc(-c5ccccc5)n4)cc3)c3c(c2c1)C(c1ccccc1)(c1ccccc1)c1ccccc1-3. The lowest BCUT2D eigenvalue weighted by molar-refractivity contribution is 0.775. The summed E-state index contributed by atoms with van der Waals surface area (Å²) in [7, 11) is 0. The molecule has 0 amide bonds. The van der Waals surface area contributed by atoms with Gasteiger partial charge in [0.2, 0.25) is 0 Å². The molecule has 4 heteroatoms. The Kier molecular flexibility index (Phi) is 7.71. The maximum Gasteiger partial charge on any atom is 0.164 e. The van der Waals surface area contributed by atoms with Crippen LogP contribution in [0.3, 0.4) is 0 Å². The van der Waals surface area contributed by atoms with Crippen LogP contribution in [0.5, 0.6) is 0 Å². The van der Waals surface area contributed by atoms with E-state index in [2.05, 4.69) is 133 Å². The average molecular weight is 701 g/mol. The van der Waals surface area contributed by atoms with Crippen LogP contribution in [0.1, 0.15) is 27.8 Å². The van der Waals surface area contributed by atoms with Gasteiger partial charge in [-0.25, -0.2) is 15.0 Å². The first-order valence-corrected chi connectivity index (χ1v) is 18.4. The molecule has 8 aromatic carbocycles. The van der Waals surface area contributed by atoms with Gasteiger partial charge in [0, 0.05) is 16.7 Å². The zero-order chi connectivity index (χ0) is 36.8. The van der Waals surface area contributed by atoms with Crippen molar-refractivity contribution in [3.8, 4) is 62.5 Å². The molecule has 0 saturated heterocycles. The van der Waals surface area contributed by atoms with Gasteiger partial charge in [0.15, 0.2) is 17.5 Å². The molecule has 0 radical (unpaired) electrons. The van der Waals surface area contributed by atoms with Crippen LogP contribution in [-0.2, 0) is 5.41 Å². The molecule has 55 heavy (non-hydrogen) atoms. The molecule has 10 rings (SSSR count). The van der Waals surface area contributed by atoms with Crippen LogP contribution in [0.2, 0.25) is 0 Å². The van der Waals surface area contributed by atoms with E-state index in [4.69, 9.17) is 15.0 Å². The molecule has 0 aliphatic heterocycles. The van der Waals surface area contributed by atoms with Gasteiger partial charge in [-0.2, -0.15) is 5.26 Å². The number of benzene rings is 8. The number of hydrogen-bond donors (Lipinski definition) is 0. The van der Waals surface area contributed by atoms with Crippen molar-refractivity contribution in [1.29, 1.82) is 5.26 Å². The second-order valence-electron chi connectivity index (χ2n) is 13.9. The summed E-state index contributed by atoms with van der Waals surface area (Å²) >= 11 is 0. The normalized spacial score (nSPS) is 12.5. The lowest BCUT2D eigenvalue weighted by Gasteiger charge is -2.35. The van der Waals surface area contributed by atoms with E-state index in [9.17, 15) is 5.26 Å². The molecule has 1 heterocycles. The summed E-state index contributed by atoms with van der Waals surface area (Å²) in [5, 5.41) is 12.3. The van der Waals surface area contributed by atoms with E-state index >= 15 is 0 Å². The maximum absolute atomic E-state index is 10.1. The predicted octanol–water partition coefficient (Wildman–Crippen LogP) is 11.9. The van der Waals surface area contributed by atoms with Crippen LogP contribution in [-0.4, -0.2) is 15.0 Å². The first-order chi connectivity index (χ1) is 27.2. The Balaban J connectivity index is 1.22. The lowest BCUT2D eigenvalue weighted by atomic mass is 9.66. The Morgan fingerprint density at radius 2 is 0.891 bits per heavy atom. The molecule has 4 nitrogen and oxygen atoms in total. The molecule has 1 aromatic heterocycles. The van der Waals surface area contributed by atoms with Gasteiger partial charge >= 0.3 is 0 Å². The van der Waals surface area contributed by atoms with E-state index < -0.39 is 5.41 Å². The summed E-state index contributed by atoms with van der Waals surface area (Å²) in [4.78, 5) is 14.9. The molecule has 0 saturated carbocycles. The molecule has 9 aromatic rings. The number of rotatable bonds is 6. The number of fused-ring (bicyclic) bond motifs is 5. The van der Waals surface area contributed by atoms with E-state index in [1.807, 2.05) is 66.7 Å². The largest absolute Gasteiger partial charge is 0.208 e. The Labute approximate surface area is 319 Å². The average Bonchev–Trinajstić information content (AvgIpc) is 3.59. The van der Waals surface area contributed by atoms with Crippen molar-refractivity contribution in [2.45, 2.75) is 5.41 Å². The molecule has 0 atom stereocenters. The Hall–Kier alpha value is -7.48. The van der Waals surface area contributed by atoms with Gasteiger partial charge in [-0.1, -0.05) is 176 Å². The first kappa shape index (κ1) is 32.2. The maximum atomic E-state index is 10.1. The van der Waals surface area contributed by atoms with Crippen molar-refractivity contribution in [2.24, 2.45) is 0 Å². The van der Waals surface area contributed by atoms with E-state index in [1.165, 1.54) is 33.4 Å². The number of aromatic nitrogens is 3. The summed E-state index contributed by atoms with van der Waals surface area (Å²) in [5.74, 6) is 1.88. The highest BCUT2D eigenvalue weighted by Crippen LogP contribution is 2.60. The van der Waals surface area contributed by atoms with E-state index in [1.54, 1.807) is 0 Å². The Morgan fingerprint density at radius 3 is 1.44 bits per heavy atom. The molecule has 0 unspecified atom stereocenters. The third-order valence-electron chi connectivity index (χ3n) is 10.8. The van der Waals surface area contributed by atoms with E-state index in [0.717, 1.165) is 38.6 Å². The third-order valence-corrected chi connectivity index (χ3v) is 10.8. The fourth-order valence-corrected chi connectivity index (χ4v) is 8.40. The van der Waals surface area contributed by atoms with Crippen molar-refractivity contribution < 1.29 is 0 Å². The molecular weight excluding hydrogens is 669 g/mol. The highest BCUT2D eigenvalue weighted by Gasteiger charge is 2.48. The summed E-state index contributed by atoms with van der Waals surface area (Å²) in [6.45, 7) is 0. The molecule has 1 aliphatic carbocycles. The van der Waals surface area contributed by atoms with Crippen molar-refractivity contribution >= 4 is 10.8 Å². The fraction of sp³-hybridized carbons (Fsp3) is 0.0196. The van der Waals surface area contributed by atoms with Gasteiger partial charge in [-0.3, -0.25) is 0 Å². The topological polar surface area (TPSA) is 62.5 Å². The summed E-state index contributed by atoms with van der Waals surface area (Å²) in [6, 6.07) is 69.9. The van der Waals surface area contributed by atoms with Gasteiger partial charge in [0.1, 0.15) is 0 Å². The number of hydrogen-bond acceptors (Lipinski definition) is 4. The van der Waals surface area contributed by atoms with Gasteiger partial charge in [0.25, 0.3) is 0 Å². The highest BCUT2D eigenvalue weighted by molar-refractivity contribution is 6.07. The molecule has 0 bridgehead atoms. The molecule has 0 fully saturated rings. The Morgan fingerprint density at radius 1 is 0.418 bits per heavy atom. The zero-order valence-electron chi connectivity index (χ0n) is 29.8. The number of nitriles is 1. The molecule has 0 spiro atoms. The lowest BCUT2D eigenvalue weighted by Crippen LogP contribution is -2.28. The van der Waals surface area contributed by atoms with Gasteiger partial charge in [0.05, 0.1) is 17.0 Å². The van der Waals surface area contributed by atoms with Crippen molar-refractivity contribution in [3.63, 3.8) is 0 Å². The van der Waals surface area contributed by atoms with Crippen LogP contribution in [0.15, 0.2) is 194 Å². The minimum atomic E-state index is -0.622. The van der Waals surface area contributed by atoms with Crippen LogP contribution < -0.4 is 0 Å². The third kappa shape index (κ3) is 5.25. The van der Waals surface area contributed by atoms with Crippen molar-refractivity contribution in [1.82, 2.24) is 15.0 Å². The van der Waals surface area contributed by atoms with Gasteiger partial charge in [-0.15, -0.1) is 0 Å². The molecule has 0 N–H and O–H groups in total. The van der Waals surface area contributed by atoms with Crippen LogP contribution >= 0.6 is 0 Å². The molecular formula is C51H32N4. The Bertz CT molecular complexity index is 2800. The molecule has 1 aliphatic rings. The minimum absolute atomic E-state index is 0.615. The second kappa shape index (κ2) is 13.2. The van der Waals surface area contributed by atoms with Gasteiger partial charge in [-0.05, 0) is 73.5 Å². The van der Waals surface area contributed by atoms with Crippen LogP contribution in [0.4, 0.5) is 0 Å². The zero-order valence-corrected chi connectivity index (χ0v) is 29.8. The smallest absolute Gasteiger partial charge is 0.164 e. The molecule has 256 valence electrons. The summed E-state index contributed by atoms with van der Waals surface area (Å²) in [5.41, 5.74) is 12.1. The summed E-state index contributed by atoms with van der Waals surface area (Å²) < 4.78 is 0. The standard InChI is InChI=1S/C51H32N4/c52-33-34-25-26-39-32-43(35-27-29-38(30-28-35)50-54-48(36-15-5-1-6-16-36)53-49(55-50)37-17-7-2-8-18-37)46-42-23-13-14-24-45(42)51(47(46)44(39)31-34,40-19-9-3-10-20-40)41-21-11-4-12-22-41/h1-32H. The fourth-order valence-electron chi connectivity index (χ4n) is 8.40. The van der Waals surface area contributed by atoms with Crippen LogP contribution in [0, 0.1) is 11.3 Å². The van der Waals surface area contributed by atoms with E-state index in [0.29, 0.717) is 23.0 Å². The van der Waals surface area contributed by atoms with Crippen molar-refractivity contribution in [3.05, 3.63) is 222 Å².